The smallest absolute Gasteiger partial charge is 0.726 e. The number of hydrogen-bond donors (Lipinski definition) is 2. The maximum Gasteiger partial charge on any atom is 1.00 e. The van der Waals surface area contributed by atoms with Crippen LogP contribution in [0.3, 0.4) is 0 Å². The molecule has 2 aliphatic rings. The minimum absolute atomic E-state index is 0. The molecule has 1 aromatic rings. The summed E-state index contributed by atoms with van der Waals surface area (Å²) in [5, 5.41) is 2.72. The molecule has 2 aliphatic heterocycles. The Morgan fingerprint density at radius 1 is 0.272 bits per heavy atom. The third-order valence-corrected chi connectivity index (χ3v) is 19.7. The standard InChI is InChI=1S/C32H52N2O70S16.16Na/c35-29(25(101-117(73,74)75)21(97-113(61,62)63)17(15(93-109(49,50)51)9-87-107(43,44)45)91-31-27(103-119(79,80)81)23(99-115(67,68)69)19(95-111(55,56)57)13(89-31)7-85-105(37,38)39)33-5-11-2-1-3-12(4-11)6-34-30(36)26(102-118(76,77)78)22(98-114(64,65)66)18(16(94-110(52,53)54)10-88-108(46,47)48)92-32-28(104-120(82,83)84)24(100-116(70,71)72)20(96-112(58,59)60)14(90-32)8-86-106(40,41)42;;;;;;;;;;;;;;;;/h1-4,13-28,31-32H,5-10H2,(H,33,35)(H,34,36)(H,37,38,39)(H,40,41,42)(H,43,44,45)(H,46,47,48)(H,49,50,51)(H,52,53,54)(H,55,56,57)(H,58,59,60)(H,61,62,63)(H,64,65,66)(H,67,68,69)(H,70,71,72)(H,73,74,75)(H,76,77,78)(H,79,80,81)(H,82,83,84);;;;;;;;;;;;;;;;/q;16*+1/p-16/t13-,14+,15-,16+,17-,18+,19+,20-,21+,22-,23+,24-,25-,26+,27-,28+,31+,32-;;;;;;;;;;;;;;;;. The van der Waals surface area contributed by atoms with Crippen LogP contribution in [0.25, 0.3) is 0 Å². The molecule has 0 unspecified atom stereocenters. The van der Waals surface area contributed by atoms with Gasteiger partial charge in [-0.2, -0.15) is 0 Å². The molecule has 2 fully saturated rings. The van der Waals surface area contributed by atoms with Gasteiger partial charge in [-0.3, -0.25) is 76.5 Å². The van der Waals surface area contributed by atoms with E-state index in [4.69, 9.17) is 18.9 Å². The summed E-state index contributed by atoms with van der Waals surface area (Å²) < 4.78 is 659. The van der Waals surface area contributed by atoms with Crippen LogP contribution >= 0.6 is 0 Å². The molecule has 0 saturated carbocycles. The Hall–Kier alpha value is 11.9. The van der Waals surface area contributed by atoms with Gasteiger partial charge in [-0.15, -0.1) is 0 Å². The van der Waals surface area contributed by atoms with Crippen LogP contribution in [0.2, 0.25) is 0 Å². The van der Waals surface area contributed by atoms with Gasteiger partial charge in [-0.05, 0) is 11.1 Å². The second kappa shape index (κ2) is 73.8. The topological polar surface area (TPSA) is 1160 Å². The minimum atomic E-state index is -7.25. The molecule has 18 atom stereocenters. The van der Waals surface area contributed by atoms with Crippen molar-refractivity contribution in [3.63, 3.8) is 0 Å². The summed E-state index contributed by atoms with van der Waals surface area (Å²) in [5.41, 5.74) is -1.73. The molecule has 104 heteroatoms. The number of benzene rings is 1. The summed E-state index contributed by atoms with van der Waals surface area (Å²) in [4.78, 5) is 28.5. The van der Waals surface area contributed by atoms with Crippen LogP contribution in [0.15, 0.2) is 24.3 Å². The first-order valence-corrected chi connectivity index (χ1v) is 48.9. The van der Waals surface area contributed by atoms with Crippen molar-refractivity contribution in [2.45, 2.75) is 123 Å². The van der Waals surface area contributed by atoms with Crippen molar-refractivity contribution in [3.8, 4) is 0 Å². The number of nitrogens with one attached hydrogen (secondary N) is 2. The van der Waals surface area contributed by atoms with E-state index in [9.17, 15) is 217 Å². The normalized spacial score (nSPS) is 21.0. The number of carbonyl (C=O) groups excluding carboxylic acids is 2. The Bertz CT molecular complexity index is 5480. The van der Waals surface area contributed by atoms with Gasteiger partial charge in [-0.1, -0.05) is 24.3 Å². The average molecular weight is 2450 g/mol. The van der Waals surface area contributed by atoms with E-state index < -0.39 is 339 Å². The first-order valence-electron chi connectivity index (χ1n) is 27.6. The quantitative estimate of drug-likeness (QED) is 0.0347. The summed E-state index contributed by atoms with van der Waals surface area (Å²) in [6.45, 7) is -14.0. The third-order valence-electron chi connectivity index (χ3n) is 12.4. The Balaban J connectivity index is -0.000000775. The molecule has 1 aromatic carbocycles. The first kappa shape index (κ1) is 178. The maximum absolute atomic E-state index is 14.3. The number of carbonyl (C=O) groups is 2. The van der Waals surface area contributed by atoms with Crippen LogP contribution in [0.5, 0.6) is 0 Å². The predicted molar refractivity (Wildman–Crippen MR) is 315 cm³/mol. The number of rotatable bonds is 52. The maximum atomic E-state index is 14.3. The molecular weight excluding hydrogens is 2410 g/mol. The SMILES string of the molecule is O=C(NCc1cccc(CNC(=O)[C@H](OS(=O)(=O)[O-])[C@@H](OS(=O)(=O)[O-])[C@H](O[C@@H]2O[C@H](COS(=O)(=O)[O-])[C@H](OS(=O)(=O)[O-])[C@H](OS(=O)(=O)[O-])[C@H]2OS(=O)(=O)[O-])[C@@H](COS(=O)(=O)[O-])OS(=O)(=O)[O-])c1)[C@@H](OS(=O)(=O)[O-])[C@H](OS(=O)(=O)[O-])[C@@H](O[C@H]1O[C@@H](COS(=O)(=O)[O-])[C@@H](OS(=O)(=O)[O-])[C@@H](OS(=O)(=O)[O-])[C@@H]1OS(=O)(=O)[O-])[C@H](COS(=O)(=O)[O-])OS(=O)(=O)[O-].[Na+].[Na+].[Na+].[Na+].[Na+].[Na+].[Na+].[Na+].[Na+].[Na+].[Na+].[Na+].[Na+].[Na+].[Na+].[Na+]. The van der Waals surface area contributed by atoms with Gasteiger partial charge in [0.25, 0.3) is 11.8 Å². The molecular formula is C32H36N2Na16O70S16. The fraction of sp³-hybridized carbons (Fsp3) is 0.750. The number of ether oxygens (including phenoxy) is 4. The van der Waals surface area contributed by atoms with Gasteiger partial charge in [0.1, 0.15) is 73.2 Å². The van der Waals surface area contributed by atoms with E-state index in [1.807, 2.05) is 0 Å². The summed E-state index contributed by atoms with van der Waals surface area (Å²) in [6, 6.07) is 2.15. The molecule has 0 aliphatic carbocycles. The fourth-order valence-electron chi connectivity index (χ4n) is 9.05. The molecule has 0 aromatic heterocycles. The van der Waals surface area contributed by atoms with Gasteiger partial charge >= 0.3 is 473 Å². The van der Waals surface area contributed by atoms with Crippen molar-refractivity contribution in [1.82, 2.24) is 10.6 Å². The molecule has 0 spiro atoms. The van der Waals surface area contributed by atoms with Crippen LogP contribution in [0.4, 0.5) is 0 Å². The van der Waals surface area contributed by atoms with Crippen LogP contribution in [-0.4, -0.2) is 356 Å². The van der Waals surface area contributed by atoms with Crippen molar-refractivity contribution in [1.29, 1.82) is 0 Å². The Kier molecular flexibility index (Phi) is 96.6. The van der Waals surface area contributed by atoms with Crippen molar-refractivity contribution in [3.05, 3.63) is 35.4 Å². The summed E-state index contributed by atoms with van der Waals surface area (Å²) in [6.07, 6.45) is -73.8. The van der Waals surface area contributed by atoms with Gasteiger partial charge in [-0.25, -0.2) is 135 Å². The molecule has 2 amide bonds. The fourth-order valence-corrected chi connectivity index (χ4v) is 16.0. The van der Waals surface area contributed by atoms with E-state index in [-0.39, 0.29) is 473 Å². The van der Waals surface area contributed by atoms with Crippen LogP contribution in [-0.2, 0) is 275 Å². The number of amides is 2. The molecule has 136 heavy (non-hydrogen) atoms. The first-order chi connectivity index (χ1) is 53.2. The summed E-state index contributed by atoms with van der Waals surface area (Å²) in [5.74, 6) is -5.60. The largest absolute Gasteiger partial charge is 1.00 e. The Morgan fingerprint density at radius 3 is 0.691 bits per heavy atom. The third kappa shape index (κ3) is 79.8. The summed E-state index contributed by atoms with van der Waals surface area (Å²) in [7, 11) is -110. The van der Waals surface area contributed by atoms with Gasteiger partial charge in [0.2, 0.25) is 166 Å². The van der Waals surface area contributed by atoms with E-state index in [0.29, 0.717) is 24.3 Å². The van der Waals surface area contributed by atoms with E-state index in [1.54, 1.807) is 0 Å². The number of hydrogen-bond acceptors (Lipinski definition) is 70. The second-order valence-electron chi connectivity index (χ2n) is 21.0. The van der Waals surface area contributed by atoms with E-state index >= 15 is 0 Å². The molecule has 3 rings (SSSR count). The van der Waals surface area contributed by atoms with Crippen molar-refractivity contribution < 1.29 is 776 Å². The molecule has 0 bridgehead atoms. The molecule has 2 saturated heterocycles. The molecule has 2 heterocycles. The zero-order valence-electron chi connectivity index (χ0n) is 71.1. The molecule has 2 N–H and O–H groups in total. The van der Waals surface area contributed by atoms with Gasteiger partial charge in [0.05, 0.1) is 26.4 Å². The van der Waals surface area contributed by atoms with Gasteiger partial charge in [0.15, 0.2) is 37.0 Å². The zero-order chi connectivity index (χ0) is 93.3. The zero-order valence-corrected chi connectivity index (χ0v) is 116. The molecule has 0 radical (unpaired) electrons. The van der Waals surface area contributed by atoms with Gasteiger partial charge < -0.3 is 102 Å². The monoisotopic (exact) mass is 2450 g/mol. The van der Waals surface area contributed by atoms with Crippen molar-refractivity contribution in [2.75, 3.05) is 26.4 Å². The molecule has 72 nitrogen and oxygen atoms in total. The van der Waals surface area contributed by atoms with Crippen molar-refractivity contribution >= 4 is 178 Å². The predicted octanol–water partition coefficient (Wildman–Crippen LogP) is -66.7. The minimum Gasteiger partial charge on any atom is -0.726 e. The van der Waals surface area contributed by atoms with E-state index in [0.717, 1.165) is 0 Å². The van der Waals surface area contributed by atoms with Crippen LogP contribution in [0.1, 0.15) is 11.1 Å². The summed E-state index contributed by atoms with van der Waals surface area (Å²) >= 11 is 0. The average Bonchev–Trinajstić information content (AvgIpc) is 0.764. The second-order valence-corrected chi connectivity index (χ2v) is 37.3. The Morgan fingerprint density at radius 2 is 0.485 bits per heavy atom. The van der Waals surface area contributed by atoms with Gasteiger partial charge in [0, 0.05) is 13.1 Å². The van der Waals surface area contributed by atoms with E-state index in [1.165, 1.54) is 10.6 Å². The van der Waals surface area contributed by atoms with E-state index in [2.05, 4.69) is 66.9 Å². The molecule has 706 valence electrons. The van der Waals surface area contributed by atoms with Crippen LogP contribution < -0.4 is 484 Å². The van der Waals surface area contributed by atoms with Crippen molar-refractivity contribution in [2.24, 2.45) is 0 Å². The van der Waals surface area contributed by atoms with Crippen LogP contribution in [0, 0.1) is 0 Å². The Labute approximate surface area is 1130 Å².